The molecule has 0 saturated heterocycles. The fraction of sp³-hybridized carbons (Fsp3) is 0.190. The van der Waals surface area contributed by atoms with E-state index in [2.05, 4.69) is 15.3 Å². The zero-order valence-corrected chi connectivity index (χ0v) is 16.6. The van der Waals surface area contributed by atoms with Crippen molar-refractivity contribution in [2.45, 2.75) is 19.9 Å². The van der Waals surface area contributed by atoms with Crippen LogP contribution in [0.2, 0.25) is 0 Å². The minimum absolute atomic E-state index is 0.271. The number of rotatable bonds is 5. The lowest BCUT2D eigenvalue weighted by molar-refractivity contribution is -0.121. The maximum absolute atomic E-state index is 13.0. The molecule has 3 heterocycles. The van der Waals surface area contributed by atoms with Crippen LogP contribution in [-0.4, -0.2) is 38.6 Å². The van der Waals surface area contributed by atoms with Gasteiger partial charge in [-0.05, 0) is 30.2 Å². The Morgan fingerprint density at radius 1 is 1.00 bits per heavy atom. The van der Waals surface area contributed by atoms with Crippen molar-refractivity contribution in [2.75, 3.05) is 5.32 Å². The predicted octanol–water partition coefficient (Wildman–Crippen LogP) is 3.46. The van der Waals surface area contributed by atoms with Crippen LogP contribution in [0, 0.1) is 5.92 Å². The van der Waals surface area contributed by atoms with Crippen molar-refractivity contribution in [1.82, 2.24) is 14.9 Å². The van der Waals surface area contributed by atoms with Crippen molar-refractivity contribution in [2.24, 2.45) is 5.92 Å². The van der Waals surface area contributed by atoms with Crippen LogP contribution in [-0.2, 0) is 4.79 Å². The van der Waals surface area contributed by atoms with Crippen LogP contribution in [0.3, 0.4) is 0 Å². The molecule has 1 N–H and O–H groups in total. The average molecular weight is 406 g/mol. The van der Waals surface area contributed by atoms with Crippen LogP contribution in [0.4, 0.5) is 5.13 Å². The van der Waals surface area contributed by atoms with Crippen LogP contribution < -0.4 is 5.32 Å². The third kappa shape index (κ3) is 3.42. The van der Waals surface area contributed by atoms with Gasteiger partial charge in [0.1, 0.15) is 11.7 Å². The highest BCUT2D eigenvalue weighted by Gasteiger charge is 2.44. The lowest BCUT2D eigenvalue weighted by Crippen LogP contribution is -2.50. The Morgan fingerprint density at radius 2 is 1.66 bits per heavy atom. The summed E-state index contributed by atoms with van der Waals surface area (Å²) in [5, 5.41) is 4.94. The normalized spacial score (nSPS) is 14.2. The number of hydrogen-bond acceptors (Lipinski definition) is 6. The quantitative estimate of drug-likeness (QED) is 0.655. The molecular weight excluding hydrogens is 388 g/mol. The first-order chi connectivity index (χ1) is 14.0. The van der Waals surface area contributed by atoms with Gasteiger partial charge in [0, 0.05) is 11.6 Å². The molecule has 0 spiro atoms. The van der Waals surface area contributed by atoms with Gasteiger partial charge >= 0.3 is 0 Å². The van der Waals surface area contributed by atoms with Crippen molar-refractivity contribution < 1.29 is 14.4 Å². The molecule has 8 heteroatoms. The summed E-state index contributed by atoms with van der Waals surface area (Å²) in [6, 6.07) is 11.2. The summed E-state index contributed by atoms with van der Waals surface area (Å²) in [7, 11) is 0. The number of benzene rings is 1. The zero-order valence-electron chi connectivity index (χ0n) is 15.8. The molecule has 7 nitrogen and oxygen atoms in total. The van der Waals surface area contributed by atoms with E-state index in [-0.39, 0.29) is 5.92 Å². The van der Waals surface area contributed by atoms with E-state index in [0.717, 1.165) is 4.90 Å². The largest absolute Gasteiger partial charge is 0.300 e. The predicted molar refractivity (Wildman–Crippen MR) is 110 cm³/mol. The summed E-state index contributed by atoms with van der Waals surface area (Å²) in [6.07, 6.45) is 1.67. The smallest absolute Gasteiger partial charge is 0.262 e. The zero-order chi connectivity index (χ0) is 20.5. The summed E-state index contributed by atoms with van der Waals surface area (Å²) in [6.45, 7) is 3.60. The Balaban J connectivity index is 1.58. The Bertz CT molecular complexity index is 1060. The molecule has 2 aromatic heterocycles. The Morgan fingerprint density at radius 3 is 2.24 bits per heavy atom. The number of fused-ring (bicyclic) bond motifs is 1. The number of nitrogens with one attached hydrogen (secondary N) is 1. The van der Waals surface area contributed by atoms with Gasteiger partial charge in [-0.2, -0.15) is 0 Å². The number of thiazole rings is 1. The third-order valence-corrected chi connectivity index (χ3v) is 5.42. The highest BCUT2D eigenvalue weighted by atomic mass is 32.1. The van der Waals surface area contributed by atoms with Gasteiger partial charge in [0.15, 0.2) is 5.13 Å². The molecule has 1 aliphatic rings. The molecule has 0 bridgehead atoms. The van der Waals surface area contributed by atoms with E-state index in [0.29, 0.717) is 27.6 Å². The Kier molecular flexibility index (Phi) is 4.94. The maximum Gasteiger partial charge on any atom is 0.262 e. The topological polar surface area (TPSA) is 92.3 Å². The van der Waals surface area contributed by atoms with Gasteiger partial charge in [0.05, 0.1) is 16.8 Å². The van der Waals surface area contributed by atoms with Crippen LogP contribution in [0.1, 0.15) is 34.6 Å². The number of aromatic nitrogens is 2. The standard InChI is InChI=1S/C21H18N4O3S/c1-12(2)17(25-19(27)13-7-3-4-8-14(13)20(25)28)18(26)24-21-23-16(11-29-21)15-9-5-6-10-22-15/h3-12,17H,1-2H3,(H,23,24,26). The molecule has 0 fully saturated rings. The summed E-state index contributed by atoms with van der Waals surface area (Å²) in [5.74, 6) is -1.62. The number of nitrogens with zero attached hydrogens (tertiary/aromatic N) is 3. The van der Waals surface area contributed by atoms with Crippen molar-refractivity contribution in [3.63, 3.8) is 0 Å². The molecule has 4 rings (SSSR count). The van der Waals surface area contributed by atoms with E-state index in [1.165, 1.54) is 11.3 Å². The summed E-state index contributed by atoms with van der Waals surface area (Å²) >= 11 is 1.26. The molecule has 0 radical (unpaired) electrons. The number of amides is 3. The molecule has 3 amide bonds. The second-order valence-corrected chi connectivity index (χ2v) is 7.81. The van der Waals surface area contributed by atoms with Gasteiger partial charge in [-0.1, -0.05) is 32.0 Å². The average Bonchev–Trinajstić information content (AvgIpc) is 3.28. The number of hydrogen-bond donors (Lipinski definition) is 1. The molecule has 1 unspecified atom stereocenters. The SMILES string of the molecule is CC(C)C(C(=O)Nc1nc(-c2ccccn2)cs1)N1C(=O)c2ccccc2C1=O. The third-order valence-electron chi connectivity index (χ3n) is 4.67. The minimum Gasteiger partial charge on any atom is -0.300 e. The van der Waals surface area contributed by atoms with Gasteiger partial charge in [0.25, 0.3) is 11.8 Å². The van der Waals surface area contributed by atoms with E-state index in [9.17, 15) is 14.4 Å². The highest BCUT2D eigenvalue weighted by Crippen LogP contribution is 2.29. The van der Waals surface area contributed by atoms with E-state index in [1.807, 2.05) is 18.2 Å². The molecule has 0 saturated carbocycles. The molecule has 29 heavy (non-hydrogen) atoms. The summed E-state index contributed by atoms with van der Waals surface area (Å²) < 4.78 is 0. The maximum atomic E-state index is 13.0. The first-order valence-electron chi connectivity index (χ1n) is 9.12. The fourth-order valence-corrected chi connectivity index (χ4v) is 4.03. The Labute approximate surface area is 171 Å². The monoisotopic (exact) mass is 406 g/mol. The molecule has 0 aliphatic carbocycles. The molecule has 1 atom stereocenters. The molecule has 146 valence electrons. The Hall–Kier alpha value is -3.39. The lowest BCUT2D eigenvalue weighted by atomic mass is 10.0. The van der Waals surface area contributed by atoms with E-state index in [4.69, 9.17) is 0 Å². The molecule has 3 aromatic rings. The van der Waals surface area contributed by atoms with Gasteiger partial charge in [-0.15, -0.1) is 11.3 Å². The van der Waals surface area contributed by atoms with Crippen LogP contribution in [0.5, 0.6) is 0 Å². The van der Waals surface area contributed by atoms with Gasteiger partial charge in [0.2, 0.25) is 5.91 Å². The van der Waals surface area contributed by atoms with Crippen molar-refractivity contribution >= 4 is 34.2 Å². The lowest BCUT2D eigenvalue weighted by Gasteiger charge is -2.27. The van der Waals surface area contributed by atoms with Gasteiger partial charge < -0.3 is 5.32 Å². The van der Waals surface area contributed by atoms with Gasteiger partial charge in [-0.25, -0.2) is 4.98 Å². The molecule has 1 aliphatic heterocycles. The van der Waals surface area contributed by atoms with E-state index in [1.54, 1.807) is 49.7 Å². The number of carbonyl (C=O) groups is 3. The van der Waals surface area contributed by atoms with Crippen molar-refractivity contribution in [1.29, 1.82) is 0 Å². The van der Waals surface area contributed by atoms with Crippen molar-refractivity contribution in [3.05, 3.63) is 65.2 Å². The fourth-order valence-electron chi connectivity index (χ4n) is 3.32. The van der Waals surface area contributed by atoms with Crippen LogP contribution in [0.15, 0.2) is 54.0 Å². The summed E-state index contributed by atoms with van der Waals surface area (Å²) in [4.78, 5) is 48.3. The second-order valence-electron chi connectivity index (χ2n) is 6.96. The summed E-state index contributed by atoms with van der Waals surface area (Å²) in [5.41, 5.74) is 1.99. The van der Waals surface area contributed by atoms with Crippen molar-refractivity contribution in [3.8, 4) is 11.4 Å². The van der Waals surface area contributed by atoms with E-state index >= 15 is 0 Å². The number of pyridine rings is 1. The molecular formula is C21H18N4O3S. The first-order valence-corrected chi connectivity index (χ1v) is 10.00. The van der Waals surface area contributed by atoms with E-state index < -0.39 is 23.8 Å². The first kappa shape index (κ1) is 18.9. The van der Waals surface area contributed by atoms with Gasteiger partial charge in [-0.3, -0.25) is 24.3 Å². The minimum atomic E-state index is -0.940. The second kappa shape index (κ2) is 7.56. The number of imide groups is 1. The number of anilines is 1. The molecule has 1 aromatic carbocycles. The highest BCUT2D eigenvalue weighted by molar-refractivity contribution is 7.14. The number of carbonyl (C=O) groups excluding carboxylic acids is 3. The van der Waals surface area contributed by atoms with Crippen LogP contribution in [0.25, 0.3) is 11.4 Å². The van der Waals surface area contributed by atoms with Crippen LogP contribution >= 0.6 is 11.3 Å².